The molecule has 4 heteroatoms. The minimum atomic E-state index is -0.0462. The zero-order chi connectivity index (χ0) is 13.5. The van der Waals surface area contributed by atoms with E-state index < -0.39 is 0 Å². The lowest BCUT2D eigenvalue weighted by Gasteiger charge is -2.13. The molecule has 100 valence electrons. The summed E-state index contributed by atoms with van der Waals surface area (Å²) >= 11 is 0. The average molecular weight is 249 g/mol. The van der Waals surface area contributed by atoms with Crippen molar-refractivity contribution < 1.29 is 4.79 Å². The summed E-state index contributed by atoms with van der Waals surface area (Å²) in [5, 5.41) is 7.00. The number of carbonyl (C=O) groups is 1. The van der Waals surface area contributed by atoms with Crippen LogP contribution in [0.2, 0.25) is 0 Å². The van der Waals surface area contributed by atoms with E-state index in [9.17, 15) is 4.79 Å². The van der Waals surface area contributed by atoms with Crippen LogP contribution in [-0.4, -0.2) is 21.7 Å². The van der Waals surface area contributed by atoms with Crippen LogP contribution < -0.4 is 5.32 Å². The lowest BCUT2D eigenvalue weighted by Crippen LogP contribution is -2.31. The van der Waals surface area contributed by atoms with Crippen LogP contribution >= 0.6 is 0 Å². The Morgan fingerprint density at radius 1 is 1.44 bits per heavy atom. The minimum absolute atomic E-state index is 0.0462. The number of amides is 1. The van der Waals surface area contributed by atoms with E-state index >= 15 is 0 Å². The molecule has 0 saturated carbocycles. The molecule has 0 spiro atoms. The van der Waals surface area contributed by atoms with Gasteiger partial charge in [0.05, 0.1) is 6.20 Å². The van der Waals surface area contributed by atoms with Crippen molar-refractivity contribution in [3.05, 3.63) is 24.0 Å². The molecule has 0 aliphatic carbocycles. The summed E-state index contributed by atoms with van der Waals surface area (Å²) < 4.78 is 1.71. The Balaban J connectivity index is 2.34. The molecule has 1 aromatic heterocycles. The third-order valence-electron chi connectivity index (χ3n) is 2.72. The van der Waals surface area contributed by atoms with Crippen molar-refractivity contribution >= 4 is 12.0 Å². The molecule has 0 aliphatic heterocycles. The Labute approximate surface area is 109 Å². The summed E-state index contributed by atoms with van der Waals surface area (Å²) in [6.07, 6.45) is 9.08. The molecule has 0 fully saturated rings. The van der Waals surface area contributed by atoms with Gasteiger partial charge in [0, 0.05) is 30.9 Å². The van der Waals surface area contributed by atoms with Gasteiger partial charge in [-0.2, -0.15) is 5.10 Å². The van der Waals surface area contributed by atoms with Crippen molar-refractivity contribution in [1.82, 2.24) is 15.1 Å². The molecule has 1 rings (SSSR count). The van der Waals surface area contributed by atoms with Gasteiger partial charge >= 0.3 is 0 Å². The number of nitrogens with zero attached hydrogens (tertiary/aromatic N) is 2. The topological polar surface area (TPSA) is 46.9 Å². The monoisotopic (exact) mass is 249 g/mol. The van der Waals surface area contributed by atoms with Gasteiger partial charge < -0.3 is 5.32 Å². The quantitative estimate of drug-likeness (QED) is 0.787. The Hall–Kier alpha value is -1.58. The zero-order valence-corrected chi connectivity index (χ0v) is 11.7. The van der Waals surface area contributed by atoms with Gasteiger partial charge in [-0.25, -0.2) is 0 Å². The lowest BCUT2D eigenvalue weighted by molar-refractivity contribution is -0.117. The standard InChI is InChI=1S/C14H23N3O/c1-11(2)5-6-12(3)16-14(18)8-7-13-9-15-17(4)10-13/h7-12H,5-6H2,1-4H3,(H,16,18)/b8-7-/t12-/m1/s1. The molecule has 1 aromatic rings. The highest BCUT2D eigenvalue weighted by Crippen LogP contribution is 2.06. The number of carbonyl (C=O) groups excluding carboxylic acids is 1. The summed E-state index contributed by atoms with van der Waals surface area (Å²) in [5.41, 5.74) is 0.933. The summed E-state index contributed by atoms with van der Waals surface area (Å²) in [4.78, 5) is 11.7. The maximum Gasteiger partial charge on any atom is 0.244 e. The van der Waals surface area contributed by atoms with Gasteiger partial charge in [-0.15, -0.1) is 0 Å². The highest BCUT2D eigenvalue weighted by molar-refractivity contribution is 5.91. The van der Waals surface area contributed by atoms with Gasteiger partial charge in [0.25, 0.3) is 0 Å². The summed E-state index contributed by atoms with van der Waals surface area (Å²) in [6, 6.07) is 0.221. The molecule has 0 radical (unpaired) electrons. The van der Waals surface area contributed by atoms with Crippen molar-refractivity contribution in [2.45, 2.75) is 39.7 Å². The predicted octanol–water partition coefficient (Wildman–Crippen LogP) is 2.37. The van der Waals surface area contributed by atoms with Crippen LogP contribution in [0, 0.1) is 5.92 Å². The van der Waals surface area contributed by atoms with Crippen LogP contribution in [-0.2, 0) is 11.8 Å². The van der Waals surface area contributed by atoms with Crippen molar-refractivity contribution in [2.24, 2.45) is 13.0 Å². The first kappa shape index (κ1) is 14.5. The van der Waals surface area contributed by atoms with E-state index in [1.54, 1.807) is 23.0 Å². The predicted molar refractivity (Wildman–Crippen MR) is 73.9 cm³/mol. The molecule has 1 heterocycles. The van der Waals surface area contributed by atoms with Gasteiger partial charge in [-0.05, 0) is 31.8 Å². The summed E-state index contributed by atoms with van der Waals surface area (Å²) in [7, 11) is 1.85. The first-order valence-electron chi connectivity index (χ1n) is 6.44. The molecule has 0 aliphatic rings. The maximum atomic E-state index is 11.7. The van der Waals surface area contributed by atoms with Gasteiger partial charge in [0.1, 0.15) is 0 Å². The number of aryl methyl sites for hydroxylation is 1. The molecule has 4 nitrogen and oxygen atoms in total. The number of hydrogen-bond donors (Lipinski definition) is 1. The molecular formula is C14H23N3O. The smallest absolute Gasteiger partial charge is 0.244 e. The first-order chi connectivity index (χ1) is 8.47. The Morgan fingerprint density at radius 2 is 2.17 bits per heavy atom. The number of hydrogen-bond acceptors (Lipinski definition) is 2. The van der Waals surface area contributed by atoms with Crippen LogP contribution in [0.1, 0.15) is 39.2 Å². The fourth-order valence-electron chi connectivity index (χ4n) is 1.64. The van der Waals surface area contributed by atoms with Gasteiger partial charge in [0.15, 0.2) is 0 Å². The van der Waals surface area contributed by atoms with Crippen LogP contribution in [0.5, 0.6) is 0 Å². The van der Waals surface area contributed by atoms with E-state index in [0.29, 0.717) is 5.92 Å². The fourth-order valence-corrected chi connectivity index (χ4v) is 1.64. The number of rotatable bonds is 6. The van der Waals surface area contributed by atoms with E-state index in [1.165, 1.54) is 0 Å². The Morgan fingerprint density at radius 3 is 2.72 bits per heavy atom. The molecule has 0 aromatic carbocycles. The highest BCUT2D eigenvalue weighted by atomic mass is 16.1. The first-order valence-corrected chi connectivity index (χ1v) is 6.44. The molecule has 0 bridgehead atoms. The van der Waals surface area contributed by atoms with E-state index in [0.717, 1.165) is 18.4 Å². The highest BCUT2D eigenvalue weighted by Gasteiger charge is 2.05. The third kappa shape index (κ3) is 5.66. The molecule has 1 atom stereocenters. The second-order valence-electron chi connectivity index (χ2n) is 5.16. The van der Waals surface area contributed by atoms with Crippen molar-refractivity contribution in [2.75, 3.05) is 0 Å². The van der Waals surface area contributed by atoms with Crippen molar-refractivity contribution in [3.63, 3.8) is 0 Å². The van der Waals surface area contributed by atoms with E-state index in [2.05, 4.69) is 24.3 Å². The molecule has 1 N–H and O–H groups in total. The Kier molecular flexibility index (Phi) is 5.62. The second kappa shape index (κ2) is 6.99. The normalized spacial score (nSPS) is 13.2. The second-order valence-corrected chi connectivity index (χ2v) is 5.16. The van der Waals surface area contributed by atoms with E-state index in [-0.39, 0.29) is 11.9 Å². The van der Waals surface area contributed by atoms with Gasteiger partial charge in [0.2, 0.25) is 5.91 Å². The van der Waals surface area contributed by atoms with Crippen LogP contribution in [0.25, 0.3) is 6.08 Å². The minimum Gasteiger partial charge on any atom is -0.350 e. The molecular weight excluding hydrogens is 226 g/mol. The molecule has 18 heavy (non-hydrogen) atoms. The number of aromatic nitrogens is 2. The maximum absolute atomic E-state index is 11.7. The fraction of sp³-hybridized carbons (Fsp3) is 0.571. The largest absolute Gasteiger partial charge is 0.350 e. The summed E-state index contributed by atoms with van der Waals surface area (Å²) in [5.74, 6) is 0.630. The molecule has 0 saturated heterocycles. The molecule has 0 unspecified atom stereocenters. The average Bonchev–Trinajstić information content (AvgIpc) is 2.70. The van der Waals surface area contributed by atoms with E-state index in [4.69, 9.17) is 0 Å². The van der Waals surface area contributed by atoms with Crippen molar-refractivity contribution in [1.29, 1.82) is 0 Å². The molecule has 1 amide bonds. The van der Waals surface area contributed by atoms with Gasteiger partial charge in [-0.1, -0.05) is 13.8 Å². The van der Waals surface area contributed by atoms with Crippen LogP contribution in [0.3, 0.4) is 0 Å². The van der Waals surface area contributed by atoms with Gasteiger partial charge in [-0.3, -0.25) is 9.48 Å². The third-order valence-corrected chi connectivity index (χ3v) is 2.72. The zero-order valence-electron chi connectivity index (χ0n) is 11.7. The van der Waals surface area contributed by atoms with Crippen LogP contribution in [0.15, 0.2) is 18.5 Å². The summed E-state index contributed by atoms with van der Waals surface area (Å²) in [6.45, 7) is 6.42. The van der Waals surface area contributed by atoms with Crippen LogP contribution in [0.4, 0.5) is 0 Å². The number of nitrogens with one attached hydrogen (secondary N) is 1. The Bertz CT molecular complexity index is 407. The van der Waals surface area contributed by atoms with E-state index in [1.807, 2.05) is 20.2 Å². The SMILES string of the molecule is CC(C)CC[C@@H](C)NC(=O)/C=C\c1cnn(C)c1. The lowest BCUT2D eigenvalue weighted by atomic mass is 10.0. The van der Waals surface area contributed by atoms with Crippen molar-refractivity contribution in [3.8, 4) is 0 Å².